The SMILES string of the molecule is Cc1cc(CC(CCl)(CCl)c2ccccc2Br)n(C)n1. The van der Waals surface area contributed by atoms with E-state index in [2.05, 4.69) is 33.2 Å². The fraction of sp³-hybridized carbons (Fsp3) is 0.400. The van der Waals surface area contributed by atoms with Gasteiger partial charge in [-0.3, -0.25) is 4.68 Å². The van der Waals surface area contributed by atoms with Gasteiger partial charge in [0, 0.05) is 40.8 Å². The van der Waals surface area contributed by atoms with Crippen molar-refractivity contribution in [3.05, 3.63) is 51.8 Å². The second-order valence-electron chi connectivity index (χ2n) is 5.10. The van der Waals surface area contributed by atoms with Gasteiger partial charge in [-0.15, -0.1) is 23.2 Å². The lowest BCUT2D eigenvalue weighted by molar-refractivity contribution is 0.509. The topological polar surface area (TPSA) is 17.8 Å². The zero-order valence-corrected chi connectivity index (χ0v) is 14.6. The molecule has 0 spiro atoms. The molecule has 1 aromatic carbocycles. The normalized spacial score (nSPS) is 11.8. The third-order valence-corrected chi connectivity index (χ3v) is 5.29. The Morgan fingerprint density at radius 1 is 1.25 bits per heavy atom. The van der Waals surface area contributed by atoms with Crippen LogP contribution < -0.4 is 0 Å². The first-order chi connectivity index (χ1) is 9.52. The lowest BCUT2D eigenvalue weighted by atomic mass is 9.80. The van der Waals surface area contributed by atoms with Crippen LogP contribution in [0.4, 0.5) is 0 Å². The highest BCUT2D eigenvalue weighted by molar-refractivity contribution is 9.10. The molecule has 1 aromatic heterocycles. The van der Waals surface area contributed by atoms with Gasteiger partial charge in [-0.2, -0.15) is 5.10 Å². The summed E-state index contributed by atoms with van der Waals surface area (Å²) in [4.78, 5) is 0. The first-order valence-corrected chi connectivity index (χ1v) is 8.25. The molecule has 2 nitrogen and oxygen atoms in total. The highest BCUT2D eigenvalue weighted by Crippen LogP contribution is 2.36. The van der Waals surface area contributed by atoms with E-state index in [-0.39, 0.29) is 5.41 Å². The summed E-state index contributed by atoms with van der Waals surface area (Å²) in [6.45, 7) is 1.99. The molecule has 0 saturated carbocycles. The van der Waals surface area contributed by atoms with Crippen molar-refractivity contribution in [1.82, 2.24) is 9.78 Å². The molecule has 0 atom stereocenters. The number of halogens is 3. The molecule has 0 aliphatic rings. The van der Waals surface area contributed by atoms with E-state index in [9.17, 15) is 0 Å². The van der Waals surface area contributed by atoms with Crippen LogP contribution in [-0.2, 0) is 18.9 Å². The predicted octanol–water partition coefficient (Wildman–Crippen LogP) is 4.45. The summed E-state index contributed by atoms with van der Waals surface area (Å²) in [5, 5.41) is 4.40. The molecule has 0 aliphatic heterocycles. The minimum atomic E-state index is -0.302. The van der Waals surface area contributed by atoms with Crippen molar-refractivity contribution >= 4 is 39.1 Å². The summed E-state index contributed by atoms with van der Waals surface area (Å²) in [6.07, 6.45) is 0.764. The maximum atomic E-state index is 6.31. The summed E-state index contributed by atoms with van der Waals surface area (Å²) in [5.74, 6) is 0.923. The van der Waals surface area contributed by atoms with Crippen LogP contribution in [0.1, 0.15) is 17.0 Å². The van der Waals surface area contributed by atoms with Crippen molar-refractivity contribution in [2.45, 2.75) is 18.8 Å². The quantitative estimate of drug-likeness (QED) is 0.706. The fourth-order valence-corrected chi connectivity index (χ4v) is 3.91. The molecule has 0 radical (unpaired) electrons. The van der Waals surface area contributed by atoms with Gasteiger partial charge in [-0.1, -0.05) is 34.1 Å². The van der Waals surface area contributed by atoms with E-state index in [1.165, 1.54) is 0 Å². The molecule has 0 fully saturated rings. The van der Waals surface area contributed by atoms with Crippen molar-refractivity contribution in [2.24, 2.45) is 7.05 Å². The number of benzene rings is 1. The molecule has 1 heterocycles. The van der Waals surface area contributed by atoms with E-state index < -0.39 is 0 Å². The van der Waals surface area contributed by atoms with Crippen molar-refractivity contribution in [3.8, 4) is 0 Å². The highest BCUT2D eigenvalue weighted by Gasteiger charge is 2.33. The van der Waals surface area contributed by atoms with Crippen molar-refractivity contribution < 1.29 is 0 Å². The highest BCUT2D eigenvalue weighted by atomic mass is 79.9. The van der Waals surface area contributed by atoms with Crippen LogP contribution in [0.25, 0.3) is 0 Å². The van der Waals surface area contributed by atoms with Gasteiger partial charge in [0.25, 0.3) is 0 Å². The second-order valence-corrected chi connectivity index (χ2v) is 6.49. The van der Waals surface area contributed by atoms with Crippen LogP contribution in [0.15, 0.2) is 34.8 Å². The molecule has 20 heavy (non-hydrogen) atoms. The third-order valence-electron chi connectivity index (χ3n) is 3.58. The fourth-order valence-electron chi connectivity index (χ4n) is 2.44. The Kier molecular flexibility index (Phi) is 5.16. The van der Waals surface area contributed by atoms with E-state index in [0.29, 0.717) is 11.8 Å². The number of nitrogens with zero attached hydrogens (tertiary/aromatic N) is 2. The molecule has 0 aliphatic carbocycles. The maximum absolute atomic E-state index is 6.31. The molecular formula is C15H17BrCl2N2. The molecule has 5 heteroatoms. The van der Waals surface area contributed by atoms with Gasteiger partial charge in [0.1, 0.15) is 0 Å². The van der Waals surface area contributed by atoms with Crippen LogP contribution in [0.3, 0.4) is 0 Å². The van der Waals surface area contributed by atoms with Crippen molar-refractivity contribution in [2.75, 3.05) is 11.8 Å². The number of hydrogen-bond acceptors (Lipinski definition) is 1. The van der Waals surface area contributed by atoms with Crippen LogP contribution >= 0.6 is 39.1 Å². The molecule has 108 valence electrons. The lowest BCUT2D eigenvalue weighted by Gasteiger charge is -2.31. The average molecular weight is 376 g/mol. The Bertz CT molecular complexity index is 591. The molecule has 0 amide bonds. The zero-order valence-electron chi connectivity index (χ0n) is 11.5. The molecule has 0 unspecified atom stereocenters. The van der Waals surface area contributed by atoms with E-state index in [1.807, 2.05) is 36.9 Å². The summed E-state index contributed by atoms with van der Waals surface area (Å²) >= 11 is 16.2. The Morgan fingerprint density at radius 3 is 2.40 bits per heavy atom. The minimum absolute atomic E-state index is 0.302. The van der Waals surface area contributed by atoms with E-state index >= 15 is 0 Å². The monoisotopic (exact) mass is 374 g/mol. The largest absolute Gasteiger partial charge is 0.272 e. The van der Waals surface area contributed by atoms with Crippen molar-refractivity contribution in [1.29, 1.82) is 0 Å². The lowest BCUT2D eigenvalue weighted by Crippen LogP contribution is -2.34. The maximum Gasteiger partial charge on any atom is 0.0596 e. The van der Waals surface area contributed by atoms with E-state index in [0.717, 1.165) is 27.8 Å². The van der Waals surface area contributed by atoms with Crippen LogP contribution in [0, 0.1) is 6.92 Å². The average Bonchev–Trinajstić information content (AvgIpc) is 2.75. The van der Waals surface area contributed by atoms with Gasteiger partial charge in [0.15, 0.2) is 0 Å². The number of aryl methyl sites for hydroxylation is 2. The Labute approximate surface area is 138 Å². The molecule has 0 bridgehead atoms. The number of hydrogen-bond donors (Lipinski definition) is 0. The predicted molar refractivity (Wildman–Crippen MR) is 88.9 cm³/mol. The minimum Gasteiger partial charge on any atom is -0.272 e. The summed E-state index contributed by atoms with van der Waals surface area (Å²) < 4.78 is 2.94. The molecule has 0 saturated heterocycles. The van der Waals surface area contributed by atoms with Crippen LogP contribution in [0.5, 0.6) is 0 Å². The van der Waals surface area contributed by atoms with E-state index in [4.69, 9.17) is 23.2 Å². The Balaban J connectivity index is 2.45. The van der Waals surface area contributed by atoms with Crippen LogP contribution in [-0.4, -0.2) is 21.5 Å². The van der Waals surface area contributed by atoms with Crippen LogP contribution in [0.2, 0.25) is 0 Å². The van der Waals surface area contributed by atoms with Gasteiger partial charge >= 0.3 is 0 Å². The first-order valence-electron chi connectivity index (χ1n) is 6.39. The molecular weight excluding hydrogens is 359 g/mol. The summed E-state index contributed by atoms with van der Waals surface area (Å²) in [5.41, 5.74) is 2.99. The van der Waals surface area contributed by atoms with E-state index in [1.54, 1.807) is 0 Å². The first kappa shape index (κ1) is 15.9. The molecule has 2 rings (SSSR count). The smallest absolute Gasteiger partial charge is 0.0596 e. The molecule has 2 aromatic rings. The molecule has 0 N–H and O–H groups in total. The van der Waals surface area contributed by atoms with Gasteiger partial charge < -0.3 is 0 Å². The zero-order chi connectivity index (χ0) is 14.8. The standard InChI is InChI=1S/C15H17BrCl2N2/c1-11-7-12(20(2)19-11)8-15(9-17,10-18)13-5-3-4-6-14(13)16/h3-7H,8-10H2,1-2H3. The van der Waals surface area contributed by atoms with Gasteiger partial charge in [-0.05, 0) is 24.6 Å². The Hall–Kier alpha value is -0.510. The second kappa shape index (κ2) is 6.50. The third kappa shape index (κ3) is 3.05. The van der Waals surface area contributed by atoms with Gasteiger partial charge in [-0.25, -0.2) is 0 Å². The number of rotatable bonds is 5. The van der Waals surface area contributed by atoms with Gasteiger partial charge in [0.05, 0.1) is 5.69 Å². The summed E-state index contributed by atoms with van der Waals surface area (Å²) in [7, 11) is 1.95. The number of aromatic nitrogens is 2. The summed E-state index contributed by atoms with van der Waals surface area (Å²) in [6, 6.07) is 10.2. The van der Waals surface area contributed by atoms with Gasteiger partial charge in [0.2, 0.25) is 0 Å². The van der Waals surface area contributed by atoms with Crippen molar-refractivity contribution in [3.63, 3.8) is 0 Å². The number of alkyl halides is 2. The Morgan fingerprint density at radius 2 is 1.90 bits per heavy atom.